The number of fused-ring (bicyclic) bond motifs is 1. The van der Waals surface area contributed by atoms with Gasteiger partial charge in [-0.3, -0.25) is 9.78 Å². The van der Waals surface area contributed by atoms with Crippen molar-refractivity contribution in [1.82, 2.24) is 15.6 Å². The molecule has 3 aromatic rings. The third kappa shape index (κ3) is 5.66. The first-order valence-corrected chi connectivity index (χ1v) is 11.2. The first-order chi connectivity index (χ1) is 17.6. The summed E-state index contributed by atoms with van der Waals surface area (Å²) in [5, 5.41) is 4.07. The minimum atomic E-state index is -2.78. The molecule has 3 amide bonds. The molecule has 8 nitrogen and oxygen atoms in total. The number of hydrogen-bond donors (Lipinski definition) is 2. The van der Waals surface area contributed by atoms with Crippen molar-refractivity contribution in [2.75, 3.05) is 18.5 Å². The van der Waals surface area contributed by atoms with E-state index in [2.05, 4.69) is 15.6 Å². The van der Waals surface area contributed by atoms with E-state index >= 15 is 4.39 Å². The quantitative estimate of drug-likeness (QED) is 0.247. The van der Waals surface area contributed by atoms with Crippen LogP contribution in [0.25, 0.3) is 10.9 Å². The van der Waals surface area contributed by atoms with Gasteiger partial charge in [0.05, 0.1) is 30.4 Å². The Kier molecular flexibility index (Phi) is 7.62. The monoisotopic (exact) mass is 536 g/mol. The molecule has 37 heavy (non-hydrogen) atoms. The fourth-order valence-electron chi connectivity index (χ4n) is 3.37. The number of rotatable bonds is 8. The molecule has 1 aliphatic carbocycles. The van der Waals surface area contributed by atoms with Crippen molar-refractivity contribution in [3.63, 3.8) is 0 Å². The van der Waals surface area contributed by atoms with Crippen LogP contribution in [0.15, 0.2) is 30.5 Å². The van der Waals surface area contributed by atoms with Crippen LogP contribution in [0.5, 0.6) is 17.2 Å². The maximum absolute atomic E-state index is 15.1. The molecule has 14 heteroatoms. The van der Waals surface area contributed by atoms with Gasteiger partial charge in [-0.05, 0) is 25.0 Å². The topological polar surface area (TPSA) is 92.8 Å². The minimum absolute atomic E-state index is 0.0289. The van der Waals surface area contributed by atoms with Gasteiger partial charge in [0.25, 0.3) is 12.3 Å². The molecule has 0 unspecified atom stereocenters. The van der Waals surface area contributed by atoms with Crippen molar-refractivity contribution < 1.29 is 36.6 Å². The molecule has 2 N–H and O–H groups in total. The standard InChI is InChI=1S/C23H18BClF4N4O4/c1-36-17-8-14-11(6-12(17)22(34)31-9-18(27)28)16(4-5-30-14)37-21-13(26)7-15(19(25)20(21)29)33(24)23(35)32-10-2-3-10/h4-8,10,18H,2-3,9H2,1H3,(H,31,34)(H,32,35). The Labute approximate surface area is 214 Å². The summed E-state index contributed by atoms with van der Waals surface area (Å²) < 4.78 is 65.8. The van der Waals surface area contributed by atoms with E-state index in [0.29, 0.717) is 4.81 Å². The van der Waals surface area contributed by atoms with Crippen LogP contribution in [0, 0.1) is 11.6 Å². The number of halogens is 5. The summed E-state index contributed by atoms with van der Waals surface area (Å²) in [6, 6.07) is 3.73. The van der Waals surface area contributed by atoms with Crippen molar-refractivity contribution in [3.8, 4) is 17.2 Å². The summed E-state index contributed by atoms with van der Waals surface area (Å²) in [4.78, 5) is 29.2. The van der Waals surface area contributed by atoms with E-state index in [0.717, 1.165) is 18.9 Å². The highest BCUT2D eigenvalue weighted by molar-refractivity contribution is 6.38. The van der Waals surface area contributed by atoms with Crippen LogP contribution in [-0.4, -0.2) is 51.0 Å². The number of urea groups is 1. The lowest BCUT2D eigenvalue weighted by Crippen LogP contribution is -2.39. The average Bonchev–Trinajstić information content (AvgIpc) is 3.69. The molecule has 2 radical (unpaired) electrons. The normalized spacial score (nSPS) is 12.9. The van der Waals surface area contributed by atoms with Gasteiger partial charge in [-0.2, -0.15) is 0 Å². The molecule has 1 saturated carbocycles. The highest BCUT2D eigenvalue weighted by Gasteiger charge is 2.28. The van der Waals surface area contributed by atoms with Gasteiger partial charge in [0, 0.05) is 29.8 Å². The van der Waals surface area contributed by atoms with E-state index in [9.17, 15) is 22.8 Å². The van der Waals surface area contributed by atoms with Gasteiger partial charge >= 0.3 is 6.03 Å². The van der Waals surface area contributed by atoms with E-state index < -0.39 is 53.0 Å². The van der Waals surface area contributed by atoms with Crippen molar-refractivity contribution in [2.45, 2.75) is 25.3 Å². The SMILES string of the molecule is [B]N(C(=O)NC1CC1)c1cc(F)c(Oc2ccnc3cc(OC)c(C(=O)NCC(F)F)cc23)c(F)c1Cl. The zero-order chi connectivity index (χ0) is 26.9. The summed E-state index contributed by atoms with van der Waals surface area (Å²) in [5.74, 6) is -4.43. The maximum atomic E-state index is 15.1. The Morgan fingerprint density at radius 1 is 1.24 bits per heavy atom. The molecule has 0 spiro atoms. The van der Waals surface area contributed by atoms with Gasteiger partial charge < -0.3 is 24.9 Å². The Bertz CT molecular complexity index is 1380. The van der Waals surface area contributed by atoms with Gasteiger partial charge in [0.1, 0.15) is 16.5 Å². The predicted molar refractivity (Wildman–Crippen MR) is 128 cm³/mol. The summed E-state index contributed by atoms with van der Waals surface area (Å²) in [6.07, 6.45) is 0.0382. The lowest BCUT2D eigenvalue weighted by molar-refractivity contribution is 0.0889. The van der Waals surface area contributed by atoms with E-state index in [1.165, 1.54) is 31.5 Å². The van der Waals surface area contributed by atoms with Gasteiger partial charge in [0.2, 0.25) is 7.98 Å². The smallest absolute Gasteiger partial charge is 0.308 e. The van der Waals surface area contributed by atoms with Crippen molar-refractivity contribution in [3.05, 3.63) is 52.7 Å². The highest BCUT2D eigenvalue weighted by atomic mass is 35.5. The molecule has 1 heterocycles. The molecule has 192 valence electrons. The van der Waals surface area contributed by atoms with Gasteiger partial charge in [-0.15, -0.1) is 0 Å². The van der Waals surface area contributed by atoms with E-state index in [4.69, 9.17) is 29.1 Å². The van der Waals surface area contributed by atoms with Crippen LogP contribution < -0.4 is 24.9 Å². The van der Waals surface area contributed by atoms with Crippen molar-refractivity contribution in [1.29, 1.82) is 0 Å². The number of carbonyl (C=O) groups excluding carboxylic acids is 2. The number of amides is 3. The van der Waals surface area contributed by atoms with E-state index in [-0.39, 0.29) is 34.0 Å². The summed E-state index contributed by atoms with van der Waals surface area (Å²) in [6.45, 7) is -0.894. The zero-order valence-electron chi connectivity index (χ0n) is 19.2. The van der Waals surface area contributed by atoms with Crippen LogP contribution in [0.1, 0.15) is 23.2 Å². The molecule has 1 fully saturated rings. The van der Waals surface area contributed by atoms with Crippen LogP contribution in [-0.2, 0) is 0 Å². The highest BCUT2D eigenvalue weighted by Crippen LogP contribution is 2.40. The molecule has 0 atom stereocenters. The van der Waals surface area contributed by atoms with Crippen LogP contribution in [0.2, 0.25) is 5.02 Å². The predicted octanol–water partition coefficient (Wildman–Crippen LogP) is 4.72. The molecular weight excluding hydrogens is 519 g/mol. The summed E-state index contributed by atoms with van der Waals surface area (Å²) in [7, 11) is 6.97. The van der Waals surface area contributed by atoms with Crippen LogP contribution in [0.4, 0.5) is 28.0 Å². The van der Waals surface area contributed by atoms with Crippen LogP contribution in [0.3, 0.4) is 0 Å². The first-order valence-electron chi connectivity index (χ1n) is 10.8. The van der Waals surface area contributed by atoms with Crippen molar-refractivity contribution >= 4 is 48.1 Å². The largest absolute Gasteiger partial charge is 0.496 e. The molecule has 0 saturated heterocycles. The number of ether oxygens (including phenoxy) is 2. The fourth-order valence-corrected chi connectivity index (χ4v) is 3.61. The number of anilines is 1. The van der Waals surface area contributed by atoms with Crippen molar-refractivity contribution in [2.24, 2.45) is 0 Å². The lowest BCUT2D eigenvalue weighted by Gasteiger charge is -2.21. The Morgan fingerprint density at radius 3 is 2.62 bits per heavy atom. The average molecular weight is 537 g/mol. The Hall–Kier alpha value is -3.74. The molecule has 1 aliphatic rings. The third-order valence-corrected chi connectivity index (χ3v) is 5.74. The molecule has 1 aromatic heterocycles. The number of benzene rings is 2. The number of aromatic nitrogens is 1. The van der Waals surface area contributed by atoms with Gasteiger partial charge in [-0.25, -0.2) is 22.4 Å². The number of pyridine rings is 1. The maximum Gasteiger partial charge on any atom is 0.308 e. The Morgan fingerprint density at radius 2 is 1.97 bits per heavy atom. The third-order valence-electron chi connectivity index (χ3n) is 5.38. The molecule has 4 rings (SSSR count). The first kappa shape index (κ1) is 26.3. The molecular formula is C23H18BClF4N4O4. The van der Waals surface area contributed by atoms with Crippen LogP contribution >= 0.6 is 11.6 Å². The number of nitrogens with one attached hydrogen (secondary N) is 2. The number of nitrogens with zero attached hydrogens (tertiary/aromatic N) is 2. The number of carbonyl (C=O) groups is 2. The van der Waals surface area contributed by atoms with E-state index in [1.54, 1.807) is 0 Å². The second-order valence-corrected chi connectivity index (χ2v) is 8.39. The Balaban J connectivity index is 1.70. The molecule has 0 bridgehead atoms. The minimum Gasteiger partial charge on any atom is -0.496 e. The number of alkyl halides is 2. The molecule has 0 aliphatic heterocycles. The summed E-state index contributed by atoms with van der Waals surface area (Å²) in [5.41, 5.74) is -0.346. The second-order valence-electron chi connectivity index (χ2n) is 8.01. The summed E-state index contributed by atoms with van der Waals surface area (Å²) >= 11 is 6.05. The number of methoxy groups -OCH3 is 1. The molecule has 2 aromatic carbocycles. The fraction of sp³-hybridized carbons (Fsp3) is 0.261. The van der Waals surface area contributed by atoms with Gasteiger partial charge in [0.15, 0.2) is 17.4 Å². The van der Waals surface area contributed by atoms with Gasteiger partial charge in [-0.1, -0.05) is 11.6 Å². The lowest BCUT2D eigenvalue weighted by atomic mass is 10.1. The number of hydrogen-bond acceptors (Lipinski definition) is 5. The zero-order valence-corrected chi connectivity index (χ0v) is 19.9. The van der Waals surface area contributed by atoms with E-state index in [1.807, 2.05) is 0 Å². The second kappa shape index (κ2) is 10.7.